The third kappa shape index (κ3) is 3.29. The average Bonchev–Trinajstić information content (AvgIpc) is 3.21. The molecule has 28 heavy (non-hydrogen) atoms. The molecule has 0 amide bonds. The number of hydrogen-bond donors (Lipinski definition) is 4. The first-order valence-electron chi connectivity index (χ1n) is 8.46. The Bertz CT molecular complexity index is 981. The van der Waals surface area contributed by atoms with Crippen molar-refractivity contribution in [2.24, 2.45) is 0 Å². The minimum absolute atomic E-state index is 0.0987. The zero-order valence-corrected chi connectivity index (χ0v) is 14.4. The van der Waals surface area contributed by atoms with Gasteiger partial charge in [-0.1, -0.05) is 0 Å². The quantitative estimate of drug-likeness (QED) is 0.489. The van der Waals surface area contributed by atoms with Gasteiger partial charge in [-0.15, -0.1) is 0 Å². The molecule has 4 N–H and O–H groups in total. The predicted octanol–water partition coefficient (Wildman–Crippen LogP) is 0.328. The molecule has 0 bridgehead atoms. The van der Waals surface area contributed by atoms with E-state index in [1.165, 1.54) is 29.4 Å². The minimum atomic E-state index is -1.28. The number of anilines is 1. The molecule has 0 saturated carbocycles. The van der Waals surface area contributed by atoms with Crippen molar-refractivity contribution >= 4 is 17.0 Å². The van der Waals surface area contributed by atoms with E-state index in [4.69, 9.17) is 4.74 Å². The molecular formula is C17H17F2N5O4. The average molecular weight is 393 g/mol. The molecule has 11 heteroatoms. The Balaban J connectivity index is 1.60. The van der Waals surface area contributed by atoms with E-state index in [1.807, 2.05) is 0 Å². The van der Waals surface area contributed by atoms with Gasteiger partial charge in [0, 0.05) is 12.6 Å². The molecule has 0 spiro atoms. The van der Waals surface area contributed by atoms with E-state index in [0.717, 1.165) is 6.07 Å². The number of hydrogen-bond acceptors (Lipinski definition) is 8. The van der Waals surface area contributed by atoms with Crippen molar-refractivity contribution in [2.75, 3.05) is 11.9 Å². The lowest BCUT2D eigenvalue weighted by molar-refractivity contribution is -0.0511. The Morgan fingerprint density at radius 2 is 1.82 bits per heavy atom. The van der Waals surface area contributed by atoms with Crippen LogP contribution >= 0.6 is 0 Å². The Kier molecular flexibility index (Phi) is 4.89. The number of aromatic nitrogens is 4. The highest BCUT2D eigenvalue weighted by Crippen LogP contribution is 2.32. The summed E-state index contributed by atoms with van der Waals surface area (Å²) in [6.07, 6.45) is -1.83. The topological polar surface area (TPSA) is 126 Å². The van der Waals surface area contributed by atoms with Crippen molar-refractivity contribution in [1.82, 2.24) is 19.5 Å². The van der Waals surface area contributed by atoms with Gasteiger partial charge in [0.05, 0.1) is 12.9 Å². The first-order chi connectivity index (χ1) is 13.5. The van der Waals surface area contributed by atoms with Crippen molar-refractivity contribution in [3.63, 3.8) is 0 Å². The SMILES string of the molecule is OC[C@H]1OC(n2cnc3c(NCc4cc(F)cc(F)c4)ncnc32)[C@H](O)[C@@H]1O. The van der Waals surface area contributed by atoms with Crippen LogP contribution in [0.15, 0.2) is 30.9 Å². The molecule has 1 fully saturated rings. The summed E-state index contributed by atoms with van der Waals surface area (Å²) in [5, 5.41) is 32.3. The molecule has 1 aromatic carbocycles. The second-order valence-corrected chi connectivity index (χ2v) is 6.41. The van der Waals surface area contributed by atoms with Gasteiger partial charge in [0.1, 0.15) is 36.3 Å². The fraction of sp³-hybridized carbons (Fsp3) is 0.353. The summed E-state index contributed by atoms with van der Waals surface area (Å²) in [6, 6.07) is 3.19. The van der Waals surface area contributed by atoms with Crippen LogP contribution in [-0.2, 0) is 11.3 Å². The van der Waals surface area contributed by atoms with Crippen LogP contribution in [0.4, 0.5) is 14.6 Å². The first-order valence-corrected chi connectivity index (χ1v) is 8.46. The zero-order chi connectivity index (χ0) is 19.8. The predicted molar refractivity (Wildman–Crippen MR) is 92.0 cm³/mol. The number of aliphatic hydroxyl groups is 3. The molecule has 9 nitrogen and oxygen atoms in total. The van der Waals surface area contributed by atoms with Crippen LogP contribution < -0.4 is 5.32 Å². The number of halogens is 2. The van der Waals surface area contributed by atoms with E-state index in [-0.39, 0.29) is 6.54 Å². The van der Waals surface area contributed by atoms with Crippen LogP contribution in [-0.4, -0.2) is 59.8 Å². The summed E-state index contributed by atoms with van der Waals surface area (Å²) in [6.45, 7) is -0.352. The number of nitrogens with one attached hydrogen (secondary N) is 1. The molecule has 3 heterocycles. The van der Waals surface area contributed by atoms with Crippen molar-refractivity contribution in [3.8, 4) is 0 Å². The number of nitrogens with zero attached hydrogens (tertiary/aromatic N) is 4. The Labute approximate surface area is 157 Å². The Hall–Kier alpha value is -2.73. The molecule has 1 saturated heterocycles. The summed E-state index contributed by atoms with van der Waals surface area (Å²) in [5.74, 6) is -1.04. The largest absolute Gasteiger partial charge is 0.394 e. The standard InChI is InChI=1S/C17H17F2N5O4/c18-9-1-8(2-10(19)3-9)4-20-15-12-16(22-6-21-15)24(7-23-12)17-14(27)13(26)11(5-25)28-17/h1-3,6-7,11,13-14,17,25-27H,4-5H2,(H,20,21,22)/t11-,13-,14-,17?/m1/s1. The molecule has 148 valence electrons. The van der Waals surface area contributed by atoms with E-state index in [9.17, 15) is 24.1 Å². The van der Waals surface area contributed by atoms with E-state index in [1.54, 1.807) is 0 Å². The fourth-order valence-electron chi connectivity index (χ4n) is 3.18. The summed E-state index contributed by atoms with van der Waals surface area (Å²) in [5.41, 5.74) is 1.04. The third-order valence-corrected chi connectivity index (χ3v) is 4.53. The lowest BCUT2D eigenvalue weighted by Gasteiger charge is -2.16. The maximum absolute atomic E-state index is 13.3. The number of ether oxygens (including phenoxy) is 1. The number of rotatable bonds is 5. The highest BCUT2D eigenvalue weighted by molar-refractivity contribution is 5.82. The second kappa shape index (κ2) is 7.36. The number of aliphatic hydroxyl groups excluding tert-OH is 3. The first kappa shape index (κ1) is 18.6. The van der Waals surface area contributed by atoms with Crippen LogP contribution in [0.3, 0.4) is 0 Å². The smallest absolute Gasteiger partial charge is 0.167 e. The number of benzene rings is 1. The molecule has 3 aromatic rings. The van der Waals surface area contributed by atoms with E-state index in [0.29, 0.717) is 22.5 Å². The molecule has 1 unspecified atom stereocenters. The summed E-state index contributed by atoms with van der Waals surface area (Å²) < 4.78 is 33.6. The molecule has 1 aliphatic heterocycles. The lowest BCUT2D eigenvalue weighted by Crippen LogP contribution is -2.33. The van der Waals surface area contributed by atoms with Crippen molar-refractivity contribution in [1.29, 1.82) is 0 Å². The highest BCUT2D eigenvalue weighted by atomic mass is 19.1. The third-order valence-electron chi connectivity index (χ3n) is 4.53. The molecule has 4 rings (SSSR count). The summed E-state index contributed by atoms with van der Waals surface area (Å²) >= 11 is 0. The number of fused-ring (bicyclic) bond motifs is 1. The van der Waals surface area contributed by atoms with Crippen LogP contribution in [0, 0.1) is 11.6 Å². The molecule has 0 aliphatic carbocycles. The van der Waals surface area contributed by atoms with Gasteiger partial charge < -0.3 is 25.4 Å². The van der Waals surface area contributed by atoms with E-state index < -0.39 is 42.8 Å². The van der Waals surface area contributed by atoms with Crippen LogP contribution in [0.2, 0.25) is 0 Å². The normalized spacial score (nSPS) is 24.8. The second-order valence-electron chi connectivity index (χ2n) is 6.41. The molecule has 1 aliphatic rings. The Morgan fingerprint density at radius 3 is 2.50 bits per heavy atom. The van der Waals surface area contributed by atoms with Gasteiger partial charge in [-0.2, -0.15) is 0 Å². The lowest BCUT2D eigenvalue weighted by atomic mass is 10.1. The fourth-order valence-corrected chi connectivity index (χ4v) is 3.18. The molecule has 4 atom stereocenters. The van der Waals surface area contributed by atoms with Gasteiger partial charge in [0.25, 0.3) is 0 Å². The van der Waals surface area contributed by atoms with Gasteiger partial charge in [0.2, 0.25) is 0 Å². The van der Waals surface area contributed by atoms with E-state index in [2.05, 4.69) is 20.3 Å². The van der Waals surface area contributed by atoms with Crippen molar-refractivity contribution in [2.45, 2.75) is 31.1 Å². The summed E-state index contributed by atoms with van der Waals surface area (Å²) in [7, 11) is 0. The van der Waals surface area contributed by atoms with Crippen molar-refractivity contribution in [3.05, 3.63) is 48.1 Å². The van der Waals surface area contributed by atoms with Crippen LogP contribution in [0.1, 0.15) is 11.8 Å². The maximum Gasteiger partial charge on any atom is 0.167 e. The monoisotopic (exact) mass is 393 g/mol. The highest BCUT2D eigenvalue weighted by Gasteiger charge is 2.44. The van der Waals surface area contributed by atoms with Gasteiger partial charge >= 0.3 is 0 Å². The zero-order valence-electron chi connectivity index (χ0n) is 14.4. The Morgan fingerprint density at radius 1 is 1.07 bits per heavy atom. The number of imidazole rings is 1. The molecule has 0 radical (unpaired) electrons. The van der Waals surface area contributed by atoms with Crippen LogP contribution in [0.25, 0.3) is 11.2 Å². The maximum atomic E-state index is 13.3. The van der Waals surface area contributed by atoms with Gasteiger partial charge in [-0.25, -0.2) is 23.7 Å². The van der Waals surface area contributed by atoms with Gasteiger partial charge in [0.15, 0.2) is 23.2 Å². The van der Waals surface area contributed by atoms with E-state index >= 15 is 0 Å². The van der Waals surface area contributed by atoms with Crippen molar-refractivity contribution < 1.29 is 28.8 Å². The van der Waals surface area contributed by atoms with Gasteiger partial charge in [-0.3, -0.25) is 4.57 Å². The molecular weight excluding hydrogens is 376 g/mol. The minimum Gasteiger partial charge on any atom is -0.394 e. The molecule has 2 aromatic heterocycles. The van der Waals surface area contributed by atoms with Gasteiger partial charge in [-0.05, 0) is 17.7 Å². The summed E-state index contributed by atoms with van der Waals surface area (Å²) in [4.78, 5) is 12.4. The van der Waals surface area contributed by atoms with Crippen LogP contribution in [0.5, 0.6) is 0 Å².